The van der Waals surface area contributed by atoms with Crippen LogP contribution in [-0.4, -0.2) is 61.4 Å². The Labute approximate surface area is 127 Å². The molecule has 2 fully saturated rings. The molecule has 2 saturated heterocycles. The minimum atomic E-state index is -0.507. The Hall–Kier alpha value is -1.10. The number of para-hydroxylation sites is 1. The molecule has 1 unspecified atom stereocenters. The van der Waals surface area contributed by atoms with Gasteiger partial charge in [-0.15, -0.1) is 0 Å². The van der Waals surface area contributed by atoms with Crippen LogP contribution in [0.3, 0.4) is 0 Å². The summed E-state index contributed by atoms with van der Waals surface area (Å²) < 4.78 is 0. The third kappa shape index (κ3) is 3.76. The molecular formula is C17H27N3O. The molecule has 21 heavy (non-hydrogen) atoms. The van der Waals surface area contributed by atoms with E-state index in [1.54, 1.807) is 0 Å². The fourth-order valence-electron chi connectivity index (χ4n) is 3.35. The third-order valence-corrected chi connectivity index (χ3v) is 4.95. The van der Waals surface area contributed by atoms with Crippen molar-refractivity contribution in [2.24, 2.45) is 0 Å². The topological polar surface area (TPSA) is 38.7 Å². The average Bonchev–Trinajstić information content (AvgIpc) is 2.99. The van der Waals surface area contributed by atoms with E-state index >= 15 is 0 Å². The number of hydrogen-bond acceptors (Lipinski definition) is 4. The van der Waals surface area contributed by atoms with Crippen molar-refractivity contribution in [3.8, 4) is 0 Å². The molecule has 2 aliphatic heterocycles. The van der Waals surface area contributed by atoms with Gasteiger partial charge in [-0.05, 0) is 38.4 Å². The van der Waals surface area contributed by atoms with Crippen LogP contribution >= 0.6 is 0 Å². The van der Waals surface area contributed by atoms with Crippen molar-refractivity contribution in [3.05, 3.63) is 30.3 Å². The maximum Gasteiger partial charge on any atom is 0.0796 e. The summed E-state index contributed by atoms with van der Waals surface area (Å²) in [5, 5.41) is 14.2. The highest BCUT2D eigenvalue weighted by Gasteiger charge is 2.32. The quantitative estimate of drug-likeness (QED) is 0.877. The number of nitrogens with zero attached hydrogens (tertiary/aromatic N) is 2. The zero-order valence-corrected chi connectivity index (χ0v) is 13.0. The van der Waals surface area contributed by atoms with Crippen molar-refractivity contribution in [1.82, 2.24) is 10.2 Å². The van der Waals surface area contributed by atoms with Gasteiger partial charge in [0.15, 0.2) is 0 Å². The molecule has 0 aliphatic carbocycles. The number of aliphatic hydroxyl groups is 1. The van der Waals surface area contributed by atoms with Crippen LogP contribution in [0.25, 0.3) is 0 Å². The summed E-state index contributed by atoms with van der Waals surface area (Å²) in [5.41, 5.74) is 0.798. The molecule has 2 heterocycles. The summed E-state index contributed by atoms with van der Waals surface area (Å²) in [6, 6.07) is 11.1. The molecule has 0 amide bonds. The van der Waals surface area contributed by atoms with Crippen molar-refractivity contribution in [1.29, 1.82) is 0 Å². The molecule has 116 valence electrons. The lowest BCUT2D eigenvalue weighted by molar-refractivity contribution is -0.0158. The maximum absolute atomic E-state index is 10.6. The second-order valence-corrected chi connectivity index (χ2v) is 6.68. The molecule has 0 bridgehead atoms. The first-order valence-electron chi connectivity index (χ1n) is 8.09. The predicted molar refractivity (Wildman–Crippen MR) is 86.7 cm³/mol. The van der Waals surface area contributed by atoms with Crippen LogP contribution < -0.4 is 10.2 Å². The molecule has 1 atom stereocenters. The monoisotopic (exact) mass is 289 g/mol. The number of likely N-dealkylation sites (tertiary alicyclic amines) is 1. The fourth-order valence-corrected chi connectivity index (χ4v) is 3.35. The van der Waals surface area contributed by atoms with Crippen LogP contribution in [0.15, 0.2) is 30.3 Å². The Bertz CT molecular complexity index is 443. The lowest BCUT2D eigenvalue weighted by Gasteiger charge is -2.37. The molecule has 2 N–H and O–H groups in total. The minimum absolute atomic E-state index is 0.494. The first kappa shape index (κ1) is 14.8. The van der Waals surface area contributed by atoms with Gasteiger partial charge in [-0.3, -0.25) is 0 Å². The van der Waals surface area contributed by atoms with Crippen molar-refractivity contribution < 1.29 is 5.11 Å². The molecule has 4 heteroatoms. The van der Waals surface area contributed by atoms with Gasteiger partial charge in [-0.2, -0.15) is 0 Å². The van der Waals surface area contributed by atoms with E-state index in [1.807, 2.05) is 0 Å². The van der Waals surface area contributed by atoms with E-state index in [9.17, 15) is 5.11 Å². The van der Waals surface area contributed by atoms with Crippen molar-refractivity contribution in [2.45, 2.75) is 30.9 Å². The molecule has 0 radical (unpaired) electrons. The van der Waals surface area contributed by atoms with Gasteiger partial charge in [-0.1, -0.05) is 18.2 Å². The first-order chi connectivity index (χ1) is 10.1. The van der Waals surface area contributed by atoms with E-state index < -0.39 is 5.60 Å². The normalized spacial score (nSPS) is 26.2. The predicted octanol–water partition coefficient (Wildman–Crippen LogP) is 1.31. The number of anilines is 1. The van der Waals surface area contributed by atoms with Crippen LogP contribution in [0.1, 0.15) is 19.3 Å². The lowest BCUT2D eigenvalue weighted by Crippen LogP contribution is -2.51. The summed E-state index contributed by atoms with van der Waals surface area (Å²) in [6.07, 6.45) is 2.92. The van der Waals surface area contributed by atoms with Crippen molar-refractivity contribution in [2.75, 3.05) is 44.7 Å². The number of rotatable bonds is 4. The van der Waals surface area contributed by atoms with Gasteiger partial charge < -0.3 is 20.2 Å². The first-order valence-corrected chi connectivity index (χ1v) is 8.09. The van der Waals surface area contributed by atoms with E-state index in [4.69, 9.17) is 0 Å². The van der Waals surface area contributed by atoms with E-state index in [1.165, 1.54) is 5.69 Å². The Morgan fingerprint density at radius 3 is 2.62 bits per heavy atom. The second kappa shape index (κ2) is 6.34. The van der Waals surface area contributed by atoms with Crippen LogP contribution in [0.2, 0.25) is 0 Å². The third-order valence-electron chi connectivity index (χ3n) is 4.95. The Morgan fingerprint density at radius 1 is 1.19 bits per heavy atom. The summed E-state index contributed by atoms with van der Waals surface area (Å²) in [5.74, 6) is 0. The van der Waals surface area contributed by atoms with E-state index in [0.717, 1.165) is 52.0 Å². The summed E-state index contributed by atoms with van der Waals surface area (Å²) >= 11 is 0. The maximum atomic E-state index is 10.6. The van der Waals surface area contributed by atoms with Gasteiger partial charge in [-0.25, -0.2) is 0 Å². The molecule has 0 saturated carbocycles. The van der Waals surface area contributed by atoms with Gasteiger partial charge in [0.05, 0.1) is 5.60 Å². The van der Waals surface area contributed by atoms with Crippen LogP contribution in [0.4, 0.5) is 5.69 Å². The summed E-state index contributed by atoms with van der Waals surface area (Å²) in [7, 11) is 2.13. The van der Waals surface area contributed by atoms with E-state index in [0.29, 0.717) is 6.04 Å². The number of nitrogens with one attached hydrogen (secondary N) is 1. The summed E-state index contributed by atoms with van der Waals surface area (Å²) in [4.78, 5) is 4.72. The van der Waals surface area contributed by atoms with E-state index in [-0.39, 0.29) is 0 Å². The number of benzene rings is 1. The highest BCUT2D eigenvalue weighted by Crippen LogP contribution is 2.23. The summed E-state index contributed by atoms with van der Waals surface area (Å²) in [6.45, 7) is 4.87. The highest BCUT2D eigenvalue weighted by molar-refractivity contribution is 5.47. The second-order valence-electron chi connectivity index (χ2n) is 6.68. The van der Waals surface area contributed by atoms with Gasteiger partial charge in [0, 0.05) is 44.5 Å². The van der Waals surface area contributed by atoms with Crippen LogP contribution in [0.5, 0.6) is 0 Å². The Morgan fingerprint density at radius 2 is 1.90 bits per heavy atom. The Kier molecular flexibility index (Phi) is 4.48. The molecule has 0 spiro atoms. The zero-order valence-electron chi connectivity index (χ0n) is 13.0. The largest absolute Gasteiger partial charge is 0.388 e. The fraction of sp³-hybridized carbons (Fsp3) is 0.647. The van der Waals surface area contributed by atoms with Crippen molar-refractivity contribution >= 4 is 5.69 Å². The van der Waals surface area contributed by atoms with Gasteiger partial charge in [0.1, 0.15) is 0 Å². The minimum Gasteiger partial charge on any atom is -0.388 e. The smallest absolute Gasteiger partial charge is 0.0796 e. The van der Waals surface area contributed by atoms with Crippen LogP contribution in [-0.2, 0) is 0 Å². The van der Waals surface area contributed by atoms with E-state index in [2.05, 4.69) is 52.5 Å². The molecule has 2 aliphatic rings. The average molecular weight is 289 g/mol. The zero-order chi connectivity index (χ0) is 14.7. The van der Waals surface area contributed by atoms with Gasteiger partial charge in [0.25, 0.3) is 0 Å². The van der Waals surface area contributed by atoms with Crippen molar-refractivity contribution in [3.63, 3.8) is 0 Å². The Balaban J connectivity index is 1.47. The van der Waals surface area contributed by atoms with Gasteiger partial charge in [0.2, 0.25) is 0 Å². The molecule has 1 aromatic rings. The number of hydrogen-bond donors (Lipinski definition) is 2. The highest BCUT2D eigenvalue weighted by atomic mass is 16.3. The molecule has 4 nitrogen and oxygen atoms in total. The standard InChI is InChI=1S/C17H27N3O/c1-19-11-8-17(21,9-12-19)14-18-15-7-10-20(13-15)16-5-3-2-4-6-16/h2-6,15,18,21H,7-14H2,1H3. The molecular weight excluding hydrogens is 262 g/mol. The molecule has 0 aromatic heterocycles. The molecule has 3 rings (SSSR count). The lowest BCUT2D eigenvalue weighted by atomic mass is 9.91. The number of piperidine rings is 1. The van der Waals surface area contributed by atoms with Crippen LogP contribution in [0, 0.1) is 0 Å². The molecule has 1 aromatic carbocycles. The SMILES string of the molecule is CN1CCC(O)(CNC2CCN(c3ccccc3)C2)CC1. The van der Waals surface area contributed by atoms with Gasteiger partial charge >= 0.3 is 0 Å².